The first kappa shape index (κ1) is 21.1. The van der Waals surface area contributed by atoms with Gasteiger partial charge in [0.05, 0.1) is 37.4 Å². The summed E-state index contributed by atoms with van der Waals surface area (Å²) in [6, 6.07) is 10.2. The van der Waals surface area contributed by atoms with E-state index in [0.717, 1.165) is 0 Å². The van der Waals surface area contributed by atoms with Gasteiger partial charge in [0.15, 0.2) is 23.1 Å². The first-order chi connectivity index (χ1) is 17.0. The summed E-state index contributed by atoms with van der Waals surface area (Å²) >= 11 is 0. The molecular weight excluding hydrogens is 452 g/mol. The third-order valence-corrected chi connectivity index (χ3v) is 6.51. The van der Waals surface area contributed by atoms with Gasteiger partial charge in [-0.25, -0.2) is 0 Å². The number of ether oxygens (including phenoxy) is 2. The van der Waals surface area contributed by atoms with Crippen LogP contribution in [0.25, 0.3) is 22.0 Å². The number of rotatable bonds is 5. The van der Waals surface area contributed by atoms with Crippen LogP contribution in [0.5, 0.6) is 11.5 Å². The van der Waals surface area contributed by atoms with E-state index in [9.17, 15) is 14.4 Å². The van der Waals surface area contributed by atoms with Gasteiger partial charge in [-0.15, -0.1) is 0 Å². The van der Waals surface area contributed by atoms with Gasteiger partial charge in [-0.2, -0.15) is 4.98 Å². The second kappa shape index (κ2) is 7.79. The van der Waals surface area contributed by atoms with Gasteiger partial charge in [0.25, 0.3) is 5.56 Å². The molecule has 1 saturated heterocycles. The number of aromatic nitrogens is 3. The fourth-order valence-electron chi connectivity index (χ4n) is 4.94. The Morgan fingerprint density at radius 3 is 2.60 bits per heavy atom. The Labute approximate surface area is 198 Å². The van der Waals surface area contributed by atoms with Gasteiger partial charge in [0.1, 0.15) is 6.04 Å². The van der Waals surface area contributed by atoms with Gasteiger partial charge in [-0.1, -0.05) is 29.4 Å². The molecule has 176 valence electrons. The second-order valence-electron chi connectivity index (χ2n) is 8.42. The molecule has 1 aliphatic heterocycles. The van der Waals surface area contributed by atoms with Crippen LogP contribution in [0.2, 0.25) is 0 Å². The molecule has 1 atom stereocenters. The molecule has 2 aliphatic rings. The summed E-state index contributed by atoms with van der Waals surface area (Å²) in [6.07, 6.45) is 0.950. The topological polar surface area (TPSA) is 126 Å². The van der Waals surface area contributed by atoms with Crippen LogP contribution in [0.4, 0.5) is 0 Å². The summed E-state index contributed by atoms with van der Waals surface area (Å²) in [7, 11) is 2.94. The van der Waals surface area contributed by atoms with E-state index >= 15 is 0 Å². The minimum Gasteiger partial charge on any atom is -0.493 e. The maximum Gasteiger partial charge on any atom is 0.263 e. The van der Waals surface area contributed by atoms with E-state index in [1.54, 1.807) is 24.3 Å². The standard InChI is InChI=1S/C25H20N4O6/c1-33-16-9-7-14-19-21(12-5-3-4-6-13(12)22(19)31)29(25(32)20(14)23(16)34-2)11-17-27-24(35-28-17)15-8-10-18(30)26-15/h3-7,9,15H,8,10-11H2,1-2H3,(H,26,30). The molecule has 4 aromatic rings. The molecular formula is C25H20N4O6. The average Bonchev–Trinajstić information content (AvgIpc) is 3.59. The molecule has 1 aliphatic carbocycles. The smallest absolute Gasteiger partial charge is 0.263 e. The zero-order chi connectivity index (χ0) is 24.3. The third kappa shape index (κ3) is 3.06. The van der Waals surface area contributed by atoms with Crippen LogP contribution in [0.15, 0.2) is 45.7 Å². The van der Waals surface area contributed by atoms with E-state index < -0.39 is 0 Å². The number of carbonyl (C=O) groups is 2. The van der Waals surface area contributed by atoms with Gasteiger partial charge in [-0.05, 0) is 18.6 Å². The Morgan fingerprint density at radius 1 is 1.09 bits per heavy atom. The third-order valence-electron chi connectivity index (χ3n) is 6.51. The number of nitrogens with one attached hydrogen (secondary N) is 1. The highest BCUT2D eigenvalue weighted by Crippen LogP contribution is 2.43. The van der Waals surface area contributed by atoms with E-state index in [1.807, 2.05) is 12.1 Å². The van der Waals surface area contributed by atoms with Crippen molar-refractivity contribution in [3.05, 3.63) is 69.6 Å². The lowest BCUT2D eigenvalue weighted by molar-refractivity contribution is -0.119. The molecule has 1 amide bonds. The highest BCUT2D eigenvalue weighted by molar-refractivity contribution is 6.27. The molecule has 1 N–H and O–H groups in total. The van der Waals surface area contributed by atoms with Crippen molar-refractivity contribution in [1.82, 2.24) is 20.0 Å². The Kier molecular flexibility index (Phi) is 4.70. The van der Waals surface area contributed by atoms with Crippen molar-refractivity contribution in [2.24, 2.45) is 0 Å². The van der Waals surface area contributed by atoms with Crippen LogP contribution in [0, 0.1) is 0 Å². The minimum absolute atomic E-state index is 0.0384. The lowest BCUT2D eigenvalue weighted by Gasteiger charge is -2.16. The quantitative estimate of drug-likeness (QED) is 0.414. The lowest BCUT2D eigenvalue weighted by atomic mass is 10.0. The summed E-state index contributed by atoms with van der Waals surface area (Å²) in [5.41, 5.74) is 1.71. The summed E-state index contributed by atoms with van der Waals surface area (Å²) < 4.78 is 17.8. The summed E-state index contributed by atoms with van der Waals surface area (Å²) in [5.74, 6) is 0.914. The van der Waals surface area contributed by atoms with E-state index in [1.165, 1.54) is 18.8 Å². The molecule has 1 fully saturated rings. The summed E-state index contributed by atoms with van der Waals surface area (Å²) in [6.45, 7) is -0.0384. The van der Waals surface area contributed by atoms with Gasteiger partial charge in [0, 0.05) is 22.9 Å². The first-order valence-electron chi connectivity index (χ1n) is 11.1. The first-order valence-corrected chi connectivity index (χ1v) is 11.1. The highest BCUT2D eigenvalue weighted by atomic mass is 16.5. The van der Waals surface area contributed by atoms with Crippen LogP contribution in [-0.2, 0) is 11.3 Å². The van der Waals surface area contributed by atoms with Crippen molar-refractivity contribution in [2.75, 3.05) is 14.2 Å². The van der Waals surface area contributed by atoms with Crippen LogP contribution >= 0.6 is 0 Å². The molecule has 2 aromatic heterocycles. The normalized spacial score (nSPS) is 16.3. The molecule has 0 bridgehead atoms. The predicted octanol–water partition coefficient (Wildman–Crippen LogP) is 2.61. The number of amides is 1. The number of pyridine rings is 1. The number of nitrogens with zero attached hydrogens (tertiary/aromatic N) is 3. The van der Waals surface area contributed by atoms with Crippen molar-refractivity contribution < 1.29 is 23.6 Å². The molecule has 3 heterocycles. The van der Waals surface area contributed by atoms with E-state index in [4.69, 9.17) is 14.0 Å². The highest BCUT2D eigenvalue weighted by Gasteiger charge is 2.34. The maximum atomic E-state index is 13.9. The fraction of sp³-hybridized carbons (Fsp3) is 0.240. The number of hydrogen-bond acceptors (Lipinski definition) is 8. The van der Waals surface area contributed by atoms with E-state index in [-0.39, 0.29) is 52.7 Å². The van der Waals surface area contributed by atoms with Gasteiger partial charge < -0.3 is 19.3 Å². The number of carbonyl (C=O) groups excluding carboxylic acids is 2. The Hall–Kier alpha value is -4.47. The van der Waals surface area contributed by atoms with Crippen LogP contribution in [0.1, 0.15) is 46.5 Å². The average molecular weight is 472 g/mol. The number of methoxy groups -OCH3 is 2. The van der Waals surface area contributed by atoms with Crippen LogP contribution in [0.3, 0.4) is 0 Å². The molecule has 10 nitrogen and oxygen atoms in total. The lowest BCUT2D eigenvalue weighted by Crippen LogP contribution is -2.25. The number of fused-ring (bicyclic) bond motifs is 5. The molecule has 10 heteroatoms. The largest absolute Gasteiger partial charge is 0.493 e. The number of hydrogen-bond donors (Lipinski definition) is 1. The SMILES string of the molecule is COc1ccc2c3c(n(Cc4noc(C5CCC(=O)N5)n4)c(=O)c2c1OC)-c1ccccc1C3=O. The Bertz CT molecular complexity index is 1600. The predicted molar refractivity (Wildman–Crippen MR) is 124 cm³/mol. The van der Waals surface area contributed by atoms with E-state index in [0.29, 0.717) is 46.4 Å². The molecule has 35 heavy (non-hydrogen) atoms. The molecule has 2 aromatic carbocycles. The molecule has 0 radical (unpaired) electrons. The van der Waals surface area contributed by atoms with Crippen molar-refractivity contribution in [2.45, 2.75) is 25.4 Å². The molecule has 6 rings (SSSR count). The van der Waals surface area contributed by atoms with Crippen LogP contribution < -0.4 is 20.3 Å². The number of benzene rings is 2. The maximum absolute atomic E-state index is 13.9. The van der Waals surface area contributed by atoms with E-state index in [2.05, 4.69) is 15.5 Å². The minimum atomic E-state index is -0.375. The summed E-state index contributed by atoms with van der Waals surface area (Å²) in [5, 5.41) is 7.56. The Morgan fingerprint density at radius 2 is 1.89 bits per heavy atom. The van der Waals surface area contributed by atoms with Crippen molar-refractivity contribution in [1.29, 1.82) is 0 Å². The monoisotopic (exact) mass is 472 g/mol. The number of ketones is 1. The Balaban J connectivity index is 1.59. The van der Waals surface area contributed by atoms with Gasteiger partial charge in [0.2, 0.25) is 11.8 Å². The molecule has 0 saturated carbocycles. The molecule has 0 spiro atoms. The van der Waals surface area contributed by atoms with Crippen molar-refractivity contribution in [3.8, 4) is 22.8 Å². The second-order valence-corrected chi connectivity index (χ2v) is 8.42. The zero-order valence-corrected chi connectivity index (χ0v) is 19.0. The molecule has 1 unspecified atom stereocenters. The fourth-order valence-corrected chi connectivity index (χ4v) is 4.94. The summed E-state index contributed by atoms with van der Waals surface area (Å²) in [4.78, 5) is 43.4. The zero-order valence-electron chi connectivity index (χ0n) is 19.0. The van der Waals surface area contributed by atoms with Gasteiger partial charge in [-0.3, -0.25) is 19.0 Å². The van der Waals surface area contributed by atoms with Crippen LogP contribution in [-0.4, -0.2) is 40.6 Å². The van der Waals surface area contributed by atoms with Crippen molar-refractivity contribution >= 4 is 22.5 Å². The van der Waals surface area contributed by atoms with Crippen molar-refractivity contribution in [3.63, 3.8) is 0 Å². The van der Waals surface area contributed by atoms with Gasteiger partial charge >= 0.3 is 0 Å².